The molecule has 6 nitrogen and oxygen atoms in total. The summed E-state index contributed by atoms with van der Waals surface area (Å²) in [6, 6.07) is 11.5. The van der Waals surface area contributed by atoms with Gasteiger partial charge in [0.15, 0.2) is 6.10 Å². The number of amides is 1. The van der Waals surface area contributed by atoms with Gasteiger partial charge in [-0.1, -0.05) is 11.6 Å². The van der Waals surface area contributed by atoms with Gasteiger partial charge in [-0.2, -0.15) is 0 Å². The third-order valence-electron chi connectivity index (χ3n) is 3.47. The molecule has 0 radical (unpaired) electrons. The molecule has 0 bridgehead atoms. The van der Waals surface area contributed by atoms with Crippen LogP contribution in [0.5, 0.6) is 11.5 Å². The van der Waals surface area contributed by atoms with Gasteiger partial charge in [0, 0.05) is 10.7 Å². The van der Waals surface area contributed by atoms with Crippen molar-refractivity contribution < 1.29 is 23.8 Å². The largest absolute Gasteiger partial charge is 0.496 e. The second kappa shape index (κ2) is 9.10. The molecular weight excluding hydrogens is 358 g/mol. The Morgan fingerprint density at radius 1 is 1.15 bits per heavy atom. The first-order valence-electron chi connectivity index (χ1n) is 8.02. The summed E-state index contributed by atoms with van der Waals surface area (Å²) in [4.78, 5) is 24.5. The Balaban J connectivity index is 2.00. The lowest BCUT2D eigenvalue weighted by Crippen LogP contribution is -2.30. The molecule has 0 aromatic heterocycles. The minimum atomic E-state index is -1.00. The van der Waals surface area contributed by atoms with Gasteiger partial charge in [0.1, 0.15) is 17.1 Å². The van der Waals surface area contributed by atoms with Crippen LogP contribution >= 0.6 is 11.6 Å². The van der Waals surface area contributed by atoms with E-state index in [9.17, 15) is 9.59 Å². The van der Waals surface area contributed by atoms with Crippen LogP contribution in [0.25, 0.3) is 0 Å². The summed E-state index contributed by atoms with van der Waals surface area (Å²) in [6.07, 6.45) is -1.00. The highest BCUT2D eigenvalue weighted by Crippen LogP contribution is 2.24. The summed E-state index contributed by atoms with van der Waals surface area (Å²) in [7, 11) is 1.43. The topological polar surface area (TPSA) is 73.9 Å². The Morgan fingerprint density at radius 3 is 2.46 bits per heavy atom. The fourth-order valence-corrected chi connectivity index (χ4v) is 2.33. The third-order valence-corrected chi connectivity index (χ3v) is 3.70. The second-order valence-corrected chi connectivity index (χ2v) is 5.78. The molecule has 2 rings (SSSR count). The van der Waals surface area contributed by atoms with Gasteiger partial charge in [0.05, 0.1) is 13.7 Å². The van der Waals surface area contributed by atoms with E-state index in [4.69, 9.17) is 25.8 Å². The predicted octanol–water partition coefficient (Wildman–Crippen LogP) is 3.93. The van der Waals surface area contributed by atoms with Crippen molar-refractivity contribution in [2.45, 2.75) is 20.0 Å². The van der Waals surface area contributed by atoms with Crippen LogP contribution in [0, 0.1) is 0 Å². The van der Waals surface area contributed by atoms with Gasteiger partial charge in [-0.05, 0) is 56.3 Å². The van der Waals surface area contributed by atoms with Crippen LogP contribution in [-0.4, -0.2) is 31.7 Å². The van der Waals surface area contributed by atoms with E-state index >= 15 is 0 Å². The first kappa shape index (κ1) is 19.6. The Bertz CT molecular complexity index is 776. The van der Waals surface area contributed by atoms with E-state index in [1.54, 1.807) is 36.4 Å². The maximum Gasteiger partial charge on any atom is 0.342 e. The highest BCUT2D eigenvalue weighted by atomic mass is 35.5. The number of carbonyl (C=O) groups is 2. The van der Waals surface area contributed by atoms with Crippen LogP contribution in [0.3, 0.4) is 0 Å². The molecule has 0 heterocycles. The SMILES string of the molecule is CCOc1ccc(NC(=O)[C@H](C)OC(=O)c2cc(Cl)ccc2OC)cc1. The number of ether oxygens (including phenoxy) is 3. The van der Waals surface area contributed by atoms with Crippen molar-refractivity contribution in [1.29, 1.82) is 0 Å². The van der Waals surface area contributed by atoms with E-state index in [1.165, 1.54) is 20.1 Å². The van der Waals surface area contributed by atoms with Crippen LogP contribution in [0.15, 0.2) is 42.5 Å². The smallest absolute Gasteiger partial charge is 0.342 e. The molecule has 1 N–H and O–H groups in total. The first-order valence-corrected chi connectivity index (χ1v) is 8.40. The molecule has 0 fully saturated rings. The van der Waals surface area contributed by atoms with Gasteiger partial charge in [-0.25, -0.2) is 4.79 Å². The summed E-state index contributed by atoms with van der Waals surface area (Å²) in [5.74, 6) is -0.126. The molecule has 1 atom stereocenters. The van der Waals surface area contributed by atoms with E-state index in [-0.39, 0.29) is 5.56 Å². The summed E-state index contributed by atoms with van der Waals surface area (Å²) >= 11 is 5.91. The van der Waals surface area contributed by atoms with E-state index in [0.29, 0.717) is 28.8 Å². The Kier molecular flexibility index (Phi) is 6.86. The second-order valence-electron chi connectivity index (χ2n) is 5.34. The molecule has 0 unspecified atom stereocenters. The zero-order chi connectivity index (χ0) is 19.1. The monoisotopic (exact) mass is 377 g/mol. The Morgan fingerprint density at radius 2 is 1.85 bits per heavy atom. The lowest BCUT2D eigenvalue weighted by Gasteiger charge is -2.15. The summed E-state index contributed by atoms with van der Waals surface area (Å²) in [6.45, 7) is 3.94. The van der Waals surface area contributed by atoms with E-state index < -0.39 is 18.0 Å². The van der Waals surface area contributed by atoms with Crippen molar-refractivity contribution in [3.63, 3.8) is 0 Å². The lowest BCUT2D eigenvalue weighted by atomic mass is 10.2. The molecule has 0 saturated carbocycles. The van der Waals surface area contributed by atoms with Gasteiger partial charge < -0.3 is 19.5 Å². The number of carbonyl (C=O) groups excluding carboxylic acids is 2. The van der Waals surface area contributed by atoms with Gasteiger partial charge in [0.25, 0.3) is 5.91 Å². The lowest BCUT2D eigenvalue weighted by molar-refractivity contribution is -0.123. The zero-order valence-corrected chi connectivity index (χ0v) is 15.5. The van der Waals surface area contributed by atoms with Crippen molar-refractivity contribution in [3.05, 3.63) is 53.1 Å². The Labute approximate surface area is 157 Å². The van der Waals surface area contributed by atoms with Crippen LogP contribution < -0.4 is 14.8 Å². The van der Waals surface area contributed by atoms with E-state index in [1.807, 2.05) is 6.92 Å². The van der Waals surface area contributed by atoms with Crippen molar-refractivity contribution in [1.82, 2.24) is 0 Å². The fraction of sp³-hybridized carbons (Fsp3) is 0.263. The van der Waals surface area contributed by atoms with Crippen LogP contribution in [-0.2, 0) is 9.53 Å². The quantitative estimate of drug-likeness (QED) is 0.740. The molecule has 0 spiro atoms. The fourth-order valence-electron chi connectivity index (χ4n) is 2.16. The molecule has 138 valence electrons. The molecule has 0 saturated heterocycles. The molecule has 0 aliphatic rings. The average molecular weight is 378 g/mol. The molecule has 7 heteroatoms. The van der Waals surface area contributed by atoms with Crippen LogP contribution in [0.1, 0.15) is 24.2 Å². The summed E-state index contributed by atoms with van der Waals surface area (Å²) in [5.41, 5.74) is 0.724. The minimum absolute atomic E-state index is 0.153. The average Bonchev–Trinajstić information content (AvgIpc) is 2.63. The van der Waals surface area contributed by atoms with Crippen molar-refractivity contribution in [3.8, 4) is 11.5 Å². The number of nitrogens with one attached hydrogen (secondary N) is 1. The normalized spacial score (nSPS) is 11.4. The highest BCUT2D eigenvalue weighted by molar-refractivity contribution is 6.31. The van der Waals surface area contributed by atoms with Crippen LogP contribution in [0.4, 0.5) is 5.69 Å². The summed E-state index contributed by atoms with van der Waals surface area (Å²) in [5, 5.41) is 3.04. The molecule has 0 aliphatic heterocycles. The molecular formula is C19H20ClNO5. The molecule has 1 amide bonds. The maximum atomic E-state index is 12.3. The number of esters is 1. The number of halogens is 1. The Hall–Kier alpha value is -2.73. The standard InChI is InChI=1S/C19H20ClNO5/c1-4-25-15-8-6-14(7-9-15)21-18(22)12(2)26-19(23)16-11-13(20)5-10-17(16)24-3/h5-12H,4H2,1-3H3,(H,21,22)/t12-/m0/s1. The van der Waals surface area contributed by atoms with Crippen molar-refractivity contribution in [2.75, 3.05) is 19.0 Å². The molecule has 0 aliphatic carbocycles. The first-order chi connectivity index (χ1) is 12.4. The van der Waals surface area contributed by atoms with Crippen LogP contribution in [0.2, 0.25) is 5.02 Å². The van der Waals surface area contributed by atoms with Crippen molar-refractivity contribution >= 4 is 29.2 Å². The molecule has 2 aromatic carbocycles. The third kappa shape index (κ3) is 5.13. The zero-order valence-electron chi connectivity index (χ0n) is 14.7. The number of rotatable bonds is 7. The highest BCUT2D eigenvalue weighted by Gasteiger charge is 2.21. The number of anilines is 1. The van der Waals surface area contributed by atoms with Gasteiger partial charge in [0.2, 0.25) is 0 Å². The molecule has 2 aromatic rings. The molecule has 26 heavy (non-hydrogen) atoms. The summed E-state index contributed by atoms with van der Waals surface area (Å²) < 4.78 is 15.7. The number of methoxy groups -OCH3 is 1. The number of hydrogen-bond donors (Lipinski definition) is 1. The van der Waals surface area contributed by atoms with Gasteiger partial charge in [-0.3, -0.25) is 4.79 Å². The van der Waals surface area contributed by atoms with Crippen molar-refractivity contribution in [2.24, 2.45) is 0 Å². The number of hydrogen-bond acceptors (Lipinski definition) is 5. The minimum Gasteiger partial charge on any atom is -0.496 e. The predicted molar refractivity (Wildman–Crippen MR) is 99.1 cm³/mol. The van der Waals surface area contributed by atoms with E-state index in [2.05, 4.69) is 5.32 Å². The van der Waals surface area contributed by atoms with Gasteiger partial charge >= 0.3 is 5.97 Å². The van der Waals surface area contributed by atoms with Gasteiger partial charge in [-0.15, -0.1) is 0 Å². The number of benzene rings is 2. The maximum absolute atomic E-state index is 12.3. The van der Waals surface area contributed by atoms with E-state index in [0.717, 1.165) is 0 Å².